The standard InChI is InChI=1S/C13H18F2N2O2S/c1-13(4-6-16-7-5-13)9-17-20(18,19)12-3-2-10(14)8-11(12)15/h2-3,8,16-17H,4-7,9H2,1H3. The van der Waals surface area contributed by atoms with Crippen molar-refractivity contribution < 1.29 is 17.2 Å². The molecule has 0 aliphatic carbocycles. The van der Waals surface area contributed by atoms with Crippen molar-refractivity contribution in [2.75, 3.05) is 19.6 Å². The van der Waals surface area contributed by atoms with Crippen LogP contribution in [0, 0.1) is 17.0 Å². The number of hydrogen-bond acceptors (Lipinski definition) is 3. The Morgan fingerprint density at radius 2 is 1.95 bits per heavy atom. The van der Waals surface area contributed by atoms with E-state index in [2.05, 4.69) is 10.0 Å². The minimum atomic E-state index is -3.96. The second-order valence-electron chi connectivity index (χ2n) is 5.46. The first kappa shape index (κ1) is 15.3. The lowest BCUT2D eigenvalue weighted by molar-refractivity contribution is 0.232. The Balaban J connectivity index is 2.11. The lowest BCUT2D eigenvalue weighted by atomic mass is 9.81. The third-order valence-electron chi connectivity index (χ3n) is 3.68. The first-order chi connectivity index (χ1) is 9.32. The molecule has 1 heterocycles. The number of halogens is 2. The minimum Gasteiger partial charge on any atom is -0.317 e. The monoisotopic (exact) mass is 304 g/mol. The van der Waals surface area contributed by atoms with Crippen LogP contribution in [0.15, 0.2) is 23.1 Å². The van der Waals surface area contributed by atoms with E-state index in [-0.39, 0.29) is 12.0 Å². The van der Waals surface area contributed by atoms with Crippen LogP contribution < -0.4 is 10.0 Å². The molecule has 112 valence electrons. The van der Waals surface area contributed by atoms with Crippen LogP contribution in [-0.2, 0) is 10.0 Å². The molecule has 1 aliphatic heterocycles. The van der Waals surface area contributed by atoms with Crippen LogP contribution in [0.5, 0.6) is 0 Å². The van der Waals surface area contributed by atoms with Gasteiger partial charge in [-0.25, -0.2) is 21.9 Å². The number of sulfonamides is 1. The summed E-state index contributed by atoms with van der Waals surface area (Å²) in [6, 6.07) is 2.45. The minimum absolute atomic E-state index is 0.144. The fourth-order valence-corrected chi connectivity index (χ4v) is 3.50. The molecule has 1 aliphatic rings. The smallest absolute Gasteiger partial charge is 0.243 e. The van der Waals surface area contributed by atoms with E-state index in [0.29, 0.717) is 6.07 Å². The van der Waals surface area contributed by atoms with Gasteiger partial charge in [-0.2, -0.15) is 0 Å². The molecule has 4 nitrogen and oxygen atoms in total. The summed E-state index contributed by atoms with van der Waals surface area (Å²) in [5.74, 6) is -1.88. The van der Waals surface area contributed by atoms with Crippen molar-refractivity contribution in [2.24, 2.45) is 5.41 Å². The lowest BCUT2D eigenvalue weighted by Gasteiger charge is -2.34. The van der Waals surface area contributed by atoms with Gasteiger partial charge in [-0.05, 0) is 43.5 Å². The molecule has 1 aromatic rings. The molecule has 2 N–H and O–H groups in total. The van der Waals surface area contributed by atoms with Crippen molar-refractivity contribution in [3.05, 3.63) is 29.8 Å². The molecule has 2 rings (SSSR count). The van der Waals surface area contributed by atoms with Gasteiger partial charge in [0.25, 0.3) is 0 Å². The normalized spacial score (nSPS) is 18.9. The van der Waals surface area contributed by atoms with Gasteiger partial charge in [-0.15, -0.1) is 0 Å². The molecule has 0 atom stereocenters. The van der Waals surface area contributed by atoms with Crippen LogP contribution in [0.25, 0.3) is 0 Å². The van der Waals surface area contributed by atoms with Crippen LogP contribution in [0.2, 0.25) is 0 Å². The van der Waals surface area contributed by atoms with Gasteiger partial charge in [0, 0.05) is 12.6 Å². The van der Waals surface area contributed by atoms with E-state index in [9.17, 15) is 17.2 Å². The molecule has 0 unspecified atom stereocenters. The second-order valence-corrected chi connectivity index (χ2v) is 7.20. The summed E-state index contributed by atoms with van der Waals surface area (Å²) in [5, 5.41) is 3.21. The van der Waals surface area contributed by atoms with Crippen LogP contribution >= 0.6 is 0 Å². The Hall–Kier alpha value is -1.05. The Labute approximate surface area is 117 Å². The van der Waals surface area contributed by atoms with Gasteiger partial charge >= 0.3 is 0 Å². The number of benzene rings is 1. The SMILES string of the molecule is CC1(CNS(=O)(=O)c2ccc(F)cc2F)CCNCC1. The van der Waals surface area contributed by atoms with Crippen molar-refractivity contribution in [1.29, 1.82) is 0 Å². The highest BCUT2D eigenvalue weighted by molar-refractivity contribution is 7.89. The molecule has 0 bridgehead atoms. The Kier molecular flexibility index (Phi) is 4.41. The van der Waals surface area contributed by atoms with Crippen molar-refractivity contribution in [3.63, 3.8) is 0 Å². The predicted octanol–water partition coefficient (Wildman–Crippen LogP) is 1.63. The van der Waals surface area contributed by atoms with Gasteiger partial charge in [0.1, 0.15) is 16.5 Å². The van der Waals surface area contributed by atoms with Crippen LogP contribution in [-0.4, -0.2) is 28.1 Å². The lowest BCUT2D eigenvalue weighted by Crippen LogP contribution is -2.43. The summed E-state index contributed by atoms with van der Waals surface area (Å²) in [6.45, 7) is 3.91. The first-order valence-electron chi connectivity index (χ1n) is 6.48. The van der Waals surface area contributed by atoms with E-state index < -0.39 is 26.6 Å². The highest BCUT2D eigenvalue weighted by atomic mass is 32.2. The average Bonchev–Trinajstić information content (AvgIpc) is 2.37. The zero-order valence-corrected chi connectivity index (χ0v) is 12.1. The molecule has 0 aromatic heterocycles. The summed E-state index contributed by atoms with van der Waals surface area (Å²) < 4.78 is 52.9. The fraction of sp³-hybridized carbons (Fsp3) is 0.538. The largest absolute Gasteiger partial charge is 0.317 e. The summed E-state index contributed by atoms with van der Waals surface area (Å²) in [5.41, 5.74) is -0.144. The maximum absolute atomic E-state index is 13.5. The van der Waals surface area contributed by atoms with Gasteiger partial charge < -0.3 is 5.32 Å². The number of nitrogens with one attached hydrogen (secondary N) is 2. The van der Waals surface area contributed by atoms with E-state index >= 15 is 0 Å². The number of hydrogen-bond donors (Lipinski definition) is 2. The van der Waals surface area contributed by atoms with Crippen molar-refractivity contribution in [1.82, 2.24) is 10.0 Å². The van der Waals surface area contributed by atoms with Crippen LogP contribution in [0.1, 0.15) is 19.8 Å². The highest BCUT2D eigenvalue weighted by Crippen LogP contribution is 2.27. The maximum atomic E-state index is 13.5. The van der Waals surface area contributed by atoms with Gasteiger partial charge in [0.2, 0.25) is 10.0 Å². The molecule has 1 aromatic carbocycles. The summed E-state index contributed by atoms with van der Waals surface area (Å²) in [4.78, 5) is -0.517. The molecule has 0 spiro atoms. The first-order valence-corrected chi connectivity index (χ1v) is 7.96. The van der Waals surface area contributed by atoms with Gasteiger partial charge in [-0.1, -0.05) is 6.92 Å². The zero-order chi connectivity index (χ0) is 14.8. The van der Waals surface area contributed by atoms with Gasteiger partial charge in [0.05, 0.1) is 0 Å². The molecular weight excluding hydrogens is 286 g/mol. The van der Waals surface area contributed by atoms with E-state index in [0.717, 1.165) is 38.1 Å². The third-order valence-corrected chi connectivity index (χ3v) is 5.12. The molecule has 1 fully saturated rings. The average molecular weight is 304 g/mol. The zero-order valence-electron chi connectivity index (χ0n) is 11.2. The molecule has 0 radical (unpaired) electrons. The van der Waals surface area contributed by atoms with Crippen molar-refractivity contribution in [2.45, 2.75) is 24.7 Å². The molecule has 1 saturated heterocycles. The number of rotatable bonds is 4. The van der Waals surface area contributed by atoms with Crippen LogP contribution in [0.4, 0.5) is 8.78 Å². The highest BCUT2D eigenvalue weighted by Gasteiger charge is 2.29. The van der Waals surface area contributed by atoms with Gasteiger partial charge in [0.15, 0.2) is 0 Å². The van der Waals surface area contributed by atoms with E-state index in [4.69, 9.17) is 0 Å². The van der Waals surface area contributed by atoms with Crippen molar-refractivity contribution >= 4 is 10.0 Å². The molecule has 0 amide bonds. The second kappa shape index (κ2) is 5.75. The van der Waals surface area contributed by atoms with E-state index in [1.165, 1.54) is 0 Å². The summed E-state index contributed by atoms with van der Waals surface area (Å²) in [7, 11) is -3.96. The molecule has 0 saturated carbocycles. The van der Waals surface area contributed by atoms with E-state index in [1.54, 1.807) is 0 Å². The van der Waals surface area contributed by atoms with Crippen LogP contribution in [0.3, 0.4) is 0 Å². The fourth-order valence-electron chi connectivity index (χ4n) is 2.25. The predicted molar refractivity (Wildman–Crippen MR) is 71.8 cm³/mol. The molecular formula is C13H18F2N2O2S. The van der Waals surface area contributed by atoms with Gasteiger partial charge in [-0.3, -0.25) is 0 Å². The molecule has 20 heavy (non-hydrogen) atoms. The Morgan fingerprint density at radius 1 is 1.30 bits per heavy atom. The Bertz CT molecular complexity index is 584. The third kappa shape index (κ3) is 3.53. The maximum Gasteiger partial charge on any atom is 0.243 e. The summed E-state index contributed by atoms with van der Waals surface area (Å²) in [6.07, 6.45) is 1.70. The topological polar surface area (TPSA) is 58.2 Å². The number of piperidine rings is 1. The quantitative estimate of drug-likeness (QED) is 0.889. The molecule has 7 heteroatoms. The Morgan fingerprint density at radius 3 is 2.55 bits per heavy atom. The summed E-state index contributed by atoms with van der Waals surface area (Å²) >= 11 is 0. The van der Waals surface area contributed by atoms with Crippen molar-refractivity contribution in [3.8, 4) is 0 Å². The van der Waals surface area contributed by atoms with E-state index in [1.807, 2.05) is 6.92 Å².